The number of hydrogen-bond donors (Lipinski definition) is 1. The fourth-order valence-corrected chi connectivity index (χ4v) is 2.39. The van der Waals surface area contributed by atoms with Gasteiger partial charge in [-0.25, -0.2) is 0 Å². The first-order valence-electron chi connectivity index (χ1n) is 6.90. The fraction of sp³-hybridized carbons (Fsp3) is 0.353. The van der Waals surface area contributed by atoms with Crippen LogP contribution in [0.4, 0.5) is 0 Å². The number of amides is 1. The number of hydrogen-bond acceptors (Lipinski definition) is 2. The monoisotopic (exact) mass is 270 g/mol. The number of carbonyl (C=O) groups is 1. The van der Waals surface area contributed by atoms with E-state index < -0.39 is 5.54 Å². The maximum Gasteiger partial charge on any atom is 0.241 e. The van der Waals surface area contributed by atoms with E-state index in [9.17, 15) is 4.79 Å². The molecule has 0 aromatic heterocycles. The Labute approximate surface area is 120 Å². The predicted octanol–water partition coefficient (Wildman–Crippen LogP) is 2.58. The van der Waals surface area contributed by atoms with Crippen LogP contribution in [0, 0.1) is 0 Å². The first-order valence-corrected chi connectivity index (χ1v) is 6.90. The number of nitrogens with zero attached hydrogens (tertiary/aromatic N) is 1. The van der Waals surface area contributed by atoms with Gasteiger partial charge in [0.25, 0.3) is 0 Å². The summed E-state index contributed by atoms with van der Waals surface area (Å²) in [6, 6.07) is 14.6. The Hall–Kier alpha value is -1.87. The average Bonchev–Trinajstić information content (AvgIpc) is 2.42. The van der Waals surface area contributed by atoms with Gasteiger partial charge in [0.1, 0.15) is 0 Å². The Morgan fingerprint density at radius 2 is 1.80 bits per heavy atom. The molecule has 0 atom stereocenters. The van der Waals surface area contributed by atoms with Gasteiger partial charge in [-0.3, -0.25) is 4.79 Å². The van der Waals surface area contributed by atoms with Crippen molar-refractivity contribution >= 4 is 16.7 Å². The summed E-state index contributed by atoms with van der Waals surface area (Å²) >= 11 is 0. The molecule has 0 fully saturated rings. The van der Waals surface area contributed by atoms with Crippen molar-refractivity contribution in [1.29, 1.82) is 0 Å². The zero-order valence-electron chi connectivity index (χ0n) is 12.4. The number of carbonyl (C=O) groups excluding carboxylic acids is 1. The number of likely N-dealkylation sites (N-methyl/N-ethyl adjacent to an activating group) is 1. The largest absolute Gasteiger partial charge is 0.344 e. The first-order chi connectivity index (χ1) is 9.39. The topological polar surface area (TPSA) is 46.3 Å². The van der Waals surface area contributed by atoms with Crippen LogP contribution in [0.15, 0.2) is 42.5 Å². The molecule has 1 amide bonds. The fourth-order valence-electron chi connectivity index (χ4n) is 2.39. The molecule has 0 aliphatic rings. The average molecular weight is 270 g/mol. The molecule has 2 rings (SSSR count). The highest BCUT2D eigenvalue weighted by Crippen LogP contribution is 2.19. The summed E-state index contributed by atoms with van der Waals surface area (Å²) in [5.74, 6) is -0.0299. The molecule has 0 spiro atoms. The maximum atomic E-state index is 12.1. The molecule has 106 valence electrons. The van der Waals surface area contributed by atoms with Crippen LogP contribution in [0.1, 0.15) is 19.4 Å². The van der Waals surface area contributed by atoms with Crippen LogP contribution in [0.2, 0.25) is 0 Å². The summed E-state index contributed by atoms with van der Waals surface area (Å²) in [5.41, 5.74) is 6.30. The summed E-state index contributed by atoms with van der Waals surface area (Å²) in [7, 11) is 1.81. The Balaban J connectivity index is 2.12. The lowest BCUT2D eigenvalue weighted by Crippen LogP contribution is -2.50. The second kappa shape index (κ2) is 5.63. The van der Waals surface area contributed by atoms with Crippen molar-refractivity contribution in [2.75, 3.05) is 13.6 Å². The number of rotatable bonds is 4. The third-order valence-corrected chi connectivity index (χ3v) is 3.49. The molecule has 20 heavy (non-hydrogen) atoms. The van der Waals surface area contributed by atoms with E-state index in [4.69, 9.17) is 5.73 Å². The molecule has 3 heteroatoms. The molecule has 3 nitrogen and oxygen atoms in total. The summed E-state index contributed by atoms with van der Waals surface area (Å²) in [4.78, 5) is 13.8. The Morgan fingerprint density at radius 1 is 1.15 bits per heavy atom. The minimum absolute atomic E-state index is 0.0299. The van der Waals surface area contributed by atoms with Gasteiger partial charge in [0.15, 0.2) is 0 Å². The van der Waals surface area contributed by atoms with Gasteiger partial charge in [0.2, 0.25) is 5.91 Å². The SMILES string of the molecule is CN(CCc1cccc2ccccc12)C(=O)C(C)(C)N. The van der Waals surface area contributed by atoms with Gasteiger partial charge < -0.3 is 10.6 Å². The third-order valence-electron chi connectivity index (χ3n) is 3.49. The molecule has 2 N–H and O–H groups in total. The molecular weight excluding hydrogens is 248 g/mol. The normalized spacial score (nSPS) is 11.6. The lowest BCUT2D eigenvalue weighted by molar-refractivity contribution is -0.134. The molecule has 2 aromatic rings. The Morgan fingerprint density at radius 3 is 2.50 bits per heavy atom. The number of nitrogens with two attached hydrogens (primary N) is 1. The molecule has 0 heterocycles. The second-order valence-corrected chi connectivity index (χ2v) is 5.84. The highest BCUT2D eigenvalue weighted by Gasteiger charge is 2.25. The molecule has 0 bridgehead atoms. The lowest BCUT2D eigenvalue weighted by Gasteiger charge is -2.26. The summed E-state index contributed by atoms with van der Waals surface area (Å²) in [5, 5.41) is 2.49. The van der Waals surface area contributed by atoms with Gasteiger partial charge in [-0.1, -0.05) is 42.5 Å². The van der Waals surface area contributed by atoms with E-state index >= 15 is 0 Å². The zero-order chi connectivity index (χ0) is 14.8. The van der Waals surface area contributed by atoms with Crippen LogP contribution < -0.4 is 5.73 Å². The van der Waals surface area contributed by atoms with Gasteiger partial charge >= 0.3 is 0 Å². The van der Waals surface area contributed by atoms with Crippen LogP contribution in [-0.4, -0.2) is 29.9 Å². The zero-order valence-corrected chi connectivity index (χ0v) is 12.4. The molecule has 0 unspecified atom stereocenters. The predicted molar refractivity (Wildman–Crippen MR) is 83.6 cm³/mol. The second-order valence-electron chi connectivity index (χ2n) is 5.84. The smallest absolute Gasteiger partial charge is 0.241 e. The molecular formula is C17H22N2O. The third kappa shape index (κ3) is 3.17. The molecule has 0 aliphatic heterocycles. The Kier molecular flexibility index (Phi) is 4.09. The van der Waals surface area contributed by atoms with Crippen molar-refractivity contribution < 1.29 is 4.79 Å². The van der Waals surface area contributed by atoms with Crippen molar-refractivity contribution in [2.24, 2.45) is 5.73 Å². The summed E-state index contributed by atoms with van der Waals surface area (Å²) in [6.07, 6.45) is 0.833. The van der Waals surface area contributed by atoms with Crippen LogP contribution in [0.3, 0.4) is 0 Å². The minimum Gasteiger partial charge on any atom is -0.344 e. The maximum absolute atomic E-state index is 12.1. The molecule has 0 radical (unpaired) electrons. The van der Waals surface area contributed by atoms with Crippen molar-refractivity contribution in [1.82, 2.24) is 4.90 Å². The number of benzene rings is 2. The summed E-state index contributed by atoms with van der Waals surface area (Å²) < 4.78 is 0. The van der Waals surface area contributed by atoms with Gasteiger partial charge in [0, 0.05) is 13.6 Å². The van der Waals surface area contributed by atoms with Crippen LogP contribution >= 0.6 is 0 Å². The number of fused-ring (bicyclic) bond motifs is 1. The first kappa shape index (κ1) is 14.5. The quantitative estimate of drug-likeness (QED) is 0.928. The van der Waals surface area contributed by atoms with Crippen molar-refractivity contribution in [3.05, 3.63) is 48.0 Å². The van der Waals surface area contributed by atoms with Crippen molar-refractivity contribution in [3.63, 3.8) is 0 Å². The van der Waals surface area contributed by atoms with Gasteiger partial charge in [-0.2, -0.15) is 0 Å². The van der Waals surface area contributed by atoms with E-state index in [0.29, 0.717) is 6.54 Å². The van der Waals surface area contributed by atoms with E-state index in [0.717, 1.165) is 6.42 Å². The highest BCUT2D eigenvalue weighted by atomic mass is 16.2. The van der Waals surface area contributed by atoms with Crippen LogP contribution in [0.25, 0.3) is 10.8 Å². The molecule has 2 aromatic carbocycles. The standard InChI is InChI=1S/C17H22N2O/c1-17(2,18)16(20)19(3)12-11-14-9-6-8-13-7-4-5-10-15(13)14/h4-10H,11-12,18H2,1-3H3. The van der Waals surface area contributed by atoms with Gasteiger partial charge in [-0.15, -0.1) is 0 Å². The van der Waals surface area contributed by atoms with E-state index in [1.165, 1.54) is 16.3 Å². The summed E-state index contributed by atoms with van der Waals surface area (Å²) in [6.45, 7) is 4.15. The van der Waals surface area contributed by atoms with E-state index in [-0.39, 0.29) is 5.91 Å². The van der Waals surface area contributed by atoms with E-state index in [1.54, 1.807) is 18.7 Å². The minimum atomic E-state index is -0.812. The molecule has 0 saturated heterocycles. The van der Waals surface area contributed by atoms with E-state index in [2.05, 4.69) is 30.3 Å². The molecule has 0 aliphatic carbocycles. The van der Waals surface area contributed by atoms with Crippen LogP contribution in [0.5, 0.6) is 0 Å². The van der Waals surface area contributed by atoms with E-state index in [1.807, 2.05) is 19.2 Å². The van der Waals surface area contributed by atoms with Crippen molar-refractivity contribution in [2.45, 2.75) is 25.8 Å². The van der Waals surface area contributed by atoms with Gasteiger partial charge in [-0.05, 0) is 36.6 Å². The van der Waals surface area contributed by atoms with Crippen LogP contribution in [-0.2, 0) is 11.2 Å². The highest BCUT2D eigenvalue weighted by molar-refractivity contribution is 5.86. The molecule has 0 saturated carbocycles. The van der Waals surface area contributed by atoms with Crippen molar-refractivity contribution in [3.8, 4) is 0 Å². The Bertz CT molecular complexity index is 608. The lowest BCUT2D eigenvalue weighted by atomic mass is 10.0. The van der Waals surface area contributed by atoms with Gasteiger partial charge in [0.05, 0.1) is 5.54 Å².